The first-order valence-corrected chi connectivity index (χ1v) is 10.1. The van der Waals surface area contributed by atoms with Crippen molar-refractivity contribution in [2.24, 2.45) is 23.7 Å². The summed E-state index contributed by atoms with van der Waals surface area (Å²) in [5, 5.41) is 10.5. The van der Waals surface area contributed by atoms with Crippen molar-refractivity contribution in [1.29, 1.82) is 0 Å². The molecule has 1 N–H and O–H groups in total. The van der Waals surface area contributed by atoms with Gasteiger partial charge >= 0.3 is 0 Å². The number of carbonyl (C=O) groups is 3. The Labute approximate surface area is 150 Å². The van der Waals surface area contributed by atoms with E-state index in [1.165, 1.54) is 19.3 Å². The molecule has 0 spiro atoms. The van der Waals surface area contributed by atoms with Gasteiger partial charge in [-0.15, -0.1) is 0 Å². The first-order valence-electron chi connectivity index (χ1n) is 10.1. The van der Waals surface area contributed by atoms with Crippen LogP contribution in [-0.2, 0) is 14.4 Å². The van der Waals surface area contributed by atoms with Crippen molar-refractivity contribution in [1.82, 2.24) is 4.90 Å². The number of ketones is 1. The van der Waals surface area contributed by atoms with E-state index in [2.05, 4.69) is 6.92 Å². The van der Waals surface area contributed by atoms with Crippen molar-refractivity contribution in [3.05, 3.63) is 0 Å². The van der Waals surface area contributed by atoms with Crippen molar-refractivity contribution in [2.75, 3.05) is 6.54 Å². The van der Waals surface area contributed by atoms with Gasteiger partial charge in [-0.1, -0.05) is 32.6 Å². The molecule has 140 valence electrons. The van der Waals surface area contributed by atoms with Gasteiger partial charge in [0.1, 0.15) is 5.92 Å². The second kappa shape index (κ2) is 7.98. The molecule has 5 heteroatoms. The maximum atomic E-state index is 12.5. The topological polar surface area (TPSA) is 74.7 Å². The minimum atomic E-state index is -1.02. The molecule has 2 aliphatic carbocycles. The van der Waals surface area contributed by atoms with Crippen LogP contribution < -0.4 is 0 Å². The Balaban J connectivity index is 1.52. The fraction of sp³-hybridized carbons (Fsp3) is 0.850. The van der Waals surface area contributed by atoms with Crippen LogP contribution in [0.2, 0.25) is 0 Å². The number of hydrogen-bond donors (Lipinski definition) is 1. The number of imide groups is 1. The van der Waals surface area contributed by atoms with E-state index in [4.69, 9.17) is 0 Å². The maximum absolute atomic E-state index is 12.5. The highest BCUT2D eigenvalue weighted by molar-refractivity contribution is 6.15. The average molecular weight is 349 g/mol. The van der Waals surface area contributed by atoms with E-state index in [9.17, 15) is 19.5 Å². The summed E-state index contributed by atoms with van der Waals surface area (Å²) in [6, 6.07) is 0. The van der Waals surface area contributed by atoms with Crippen LogP contribution in [0.5, 0.6) is 0 Å². The third kappa shape index (κ3) is 3.97. The molecule has 0 aromatic carbocycles. The van der Waals surface area contributed by atoms with Crippen molar-refractivity contribution >= 4 is 17.6 Å². The molecular weight excluding hydrogens is 318 g/mol. The summed E-state index contributed by atoms with van der Waals surface area (Å²) >= 11 is 0. The van der Waals surface area contributed by atoms with Gasteiger partial charge in [-0.3, -0.25) is 19.3 Å². The molecule has 0 aromatic heterocycles. The zero-order valence-corrected chi connectivity index (χ0v) is 15.3. The minimum Gasteiger partial charge on any atom is -0.392 e. The summed E-state index contributed by atoms with van der Waals surface area (Å²) in [6.45, 7) is 1.95. The molecule has 2 amide bonds. The second-order valence-electron chi connectivity index (χ2n) is 8.31. The van der Waals surface area contributed by atoms with Gasteiger partial charge in [0.05, 0.1) is 12.6 Å². The highest BCUT2D eigenvalue weighted by Crippen LogP contribution is 2.50. The Hall–Kier alpha value is -1.23. The Morgan fingerprint density at radius 2 is 2.00 bits per heavy atom. The summed E-state index contributed by atoms with van der Waals surface area (Å²) in [7, 11) is 0. The zero-order chi connectivity index (χ0) is 18.0. The van der Waals surface area contributed by atoms with Crippen LogP contribution in [0.1, 0.15) is 71.1 Å². The van der Waals surface area contributed by atoms with Crippen molar-refractivity contribution < 1.29 is 19.5 Å². The number of nitrogens with zero attached hydrogens (tertiary/aromatic N) is 1. The summed E-state index contributed by atoms with van der Waals surface area (Å²) in [4.78, 5) is 38.2. The van der Waals surface area contributed by atoms with Gasteiger partial charge in [0.25, 0.3) is 0 Å². The maximum Gasteiger partial charge on any atom is 0.242 e. The number of hydrogen-bond acceptors (Lipinski definition) is 4. The monoisotopic (exact) mass is 349 g/mol. The molecule has 25 heavy (non-hydrogen) atoms. The van der Waals surface area contributed by atoms with Gasteiger partial charge in [-0.25, -0.2) is 0 Å². The third-order valence-electron chi connectivity index (χ3n) is 6.55. The van der Waals surface area contributed by atoms with Crippen LogP contribution in [0, 0.1) is 23.7 Å². The van der Waals surface area contributed by atoms with E-state index < -0.39 is 17.9 Å². The fourth-order valence-electron chi connectivity index (χ4n) is 5.18. The van der Waals surface area contributed by atoms with Gasteiger partial charge in [0, 0.05) is 6.42 Å². The normalized spacial score (nSPS) is 32.6. The molecule has 3 aliphatic rings. The number of rotatable bonds is 8. The van der Waals surface area contributed by atoms with E-state index in [1.807, 2.05) is 0 Å². The van der Waals surface area contributed by atoms with Crippen LogP contribution in [0.25, 0.3) is 0 Å². The second-order valence-corrected chi connectivity index (χ2v) is 8.31. The predicted octanol–water partition coefficient (Wildman–Crippen LogP) is 2.70. The van der Waals surface area contributed by atoms with Gasteiger partial charge in [0.2, 0.25) is 11.8 Å². The first-order chi connectivity index (χ1) is 12.0. The molecule has 0 radical (unpaired) electrons. The molecule has 2 bridgehead atoms. The number of carbonyl (C=O) groups excluding carboxylic acids is 3. The first kappa shape index (κ1) is 18.6. The molecule has 5 atom stereocenters. The average Bonchev–Trinajstić information content (AvgIpc) is 3.26. The van der Waals surface area contributed by atoms with Gasteiger partial charge in [-0.2, -0.15) is 0 Å². The largest absolute Gasteiger partial charge is 0.392 e. The lowest BCUT2D eigenvalue weighted by atomic mass is 9.82. The molecule has 1 heterocycles. The van der Waals surface area contributed by atoms with Gasteiger partial charge in [0.15, 0.2) is 5.78 Å². The molecule has 2 saturated carbocycles. The lowest BCUT2D eigenvalue weighted by Crippen LogP contribution is -2.37. The smallest absolute Gasteiger partial charge is 0.242 e. The van der Waals surface area contributed by atoms with E-state index in [-0.39, 0.29) is 18.2 Å². The molecule has 5 nitrogen and oxygen atoms in total. The SMILES string of the molecule is CCCCCCC(=O)N1CC(=O)C(C(O)CC2CC3CCC2C3)C1=O. The van der Waals surface area contributed by atoms with Crippen LogP contribution >= 0.6 is 0 Å². The van der Waals surface area contributed by atoms with Crippen LogP contribution in [-0.4, -0.2) is 40.3 Å². The lowest BCUT2D eigenvalue weighted by molar-refractivity contribution is -0.145. The minimum absolute atomic E-state index is 0.149. The highest BCUT2D eigenvalue weighted by atomic mass is 16.3. The molecular formula is C20H31NO4. The fourth-order valence-corrected chi connectivity index (χ4v) is 5.18. The Morgan fingerprint density at radius 1 is 1.20 bits per heavy atom. The van der Waals surface area contributed by atoms with E-state index in [0.717, 1.165) is 42.9 Å². The van der Waals surface area contributed by atoms with Gasteiger partial charge < -0.3 is 5.11 Å². The zero-order valence-electron chi connectivity index (χ0n) is 15.3. The van der Waals surface area contributed by atoms with Crippen LogP contribution in [0.3, 0.4) is 0 Å². The molecule has 0 aromatic rings. The summed E-state index contributed by atoms with van der Waals surface area (Å²) in [6.07, 6.45) is 8.67. The molecule has 3 fully saturated rings. The number of Topliss-reactive ketones (excluding diaryl/α,β-unsaturated/α-hetero) is 1. The summed E-state index contributed by atoms with van der Waals surface area (Å²) < 4.78 is 0. The van der Waals surface area contributed by atoms with Crippen LogP contribution in [0.15, 0.2) is 0 Å². The Morgan fingerprint density at radius 3 is 2.64 bits per heavy atom. The summed E-state index contributed by atoms with van der Waals surface area (Å²) in [5.41, 5.74) is 0. The van der Waals surface area contributed by atoms with E-state index >= 15 is 0 Å². The lowest BCUT2D eigenvalue weighted by Gasteiger charge is -2.25. The molecule has 1 aliphatic heterocycles. The summed E-state index contributed by atoms with van der Waals surface area (Å²) in [5.74, 6) is -0.166. The van der Waals surface area contributed by atoms with E-state index in [0.29, 0.717) is 24.7 Å². The standard InChI is InChI=1S/C20H31NO4/c1-2-3-4-5-6-18(24)21-12-17(23)19(20(21)25)16(22)11-15-10-13-7-8-14(15)9-13/h13-16,19,22H,2-12H2,1H3. The highest BCUT2D eigenvalue weighted by Gasteiger charge is 2.48. The number of likely N-dealkylation sites (tertiary alicyclic amines) is 1. The van der Waals surface area contributed by atoms with Crippen molar-refractivity contribution in [3.63, 3.8) is 0 Å². The quantitative estimate of drug-likeness (QED) is 0.540. The molecule has 3 rings (SSSR count). The molecule has 1 saturated heterocycles. The van der Waals surface area contributed by atoms with Gasteiger partial charge in [-0.05, 0) is 49.9 Å². The van der Waals surface area contributed by atoms with Crippen LogP contribution in [0.4, 0.5) is 0 Å². The third-order valence-corrected chi connectivity index (χ3v) is 6.55. The Kier molecular flexibility index (Phi) is 5.92. The van der Waals surface area contributed by atoms with Crippen molar-refractivity contribution in [2.45, 2.75) is 77.2 Å². The predicted molar refractivity (Wildman–Crippen MR) is 93.5 cm³/mol. The number of aliphatic hydroxyl groups excluding tert-OH is 1. The number of amides is 2. The molecule has 5 unspecified atom stereocenters. The van der Waals surface area contributed by atoms with E-state index in [1.54, 1.807) is 0 Å². The Bertz CT molecular complexity index is 532. The number of aliphatic hydroxyl groups is 1. The number of fused-ring (bicyclic) bond motifs is 2. The number of unbranched alkanes of at least 4 members (excludes halogenated alkanes) is 3. The van der Waals surface area contributed by atoms with Crippen molar-refractivity contribution in [3.8, 4) is 0 Å².